The fraction of sp³-hybridized carbons (Fsp3) is 0.337. The van der Waals surface area contributed by atoms with Crippen LogP contribution in [0.1, 0.15) is 63.9 Å². The van der Waals surface area contributed by atoms with Crippen LogP contribution in [0.2, 0.25) is 0 Å². The number of aliphatic hydroxyl groups is 1. The van der Waals surface area contributed by atoms with Crippen LogP contribution in [0.3, 0.4) is 0 Å². The lowest BCUT2D eigenvalue weighted by atomic mass is 9.89. The molecular weight excluding hydrogens is 1250 g/mol. The highest BCUT2D eigenvalue weighted by atomic mass is 16.8. The SMILES string of the molecule is C[C@]1(O[C@H]2[C@H](OCc3ccccc3)[C@@H](COCc3ccccc3)O[C@](C)(O[C@@H]3C(=O)O[C@H](COCc4ccccc4)C(OCc4ccccc4)[C@H]3OCc3ccccc3)[C@H]2OCc2ccccc2)O[C@H](COCc2ccccc2)[C@@H](OCc2ccccc2)[C@H](O)[C@@H]1OCc1ccccc1. The van der Waals surface area contributed by atoms with Gasteiger partial charge in [0.2, 0.25) is 0 Å². The Labute approximate surface area is 580 Å². The summed E-state index contributed by atoms with van der Waals surface area (Å²) in [4.78, 5) is 15.6. The lowest BCUT2D eigenvalue weighted by Gasteiger charge is -2.56. The molecule has 16 heteroatoms. The molecule has 1 unspecified atom stereocenters. The molecular formula is C83H88O16. The highest BCUT2D eigenvalue weighted by Crippen LogP contribution is 2.45. The second kappa shape index (κ2) is 35.8. The highest BCUT2D eigenvalue weighted by molar-refractivity contribution is 5.77. The molecule has 0 aromatic heterocycles. The Kier molecular flexibility index (Phi) is 25.6. The van der Waals surface area contributed by atoms with Gasteiger partial charge in [-0.2, -0.15) is 0 Å². The summed E-state index contributed by atoms with van der Waals surface area (Å²) in [6.45, 7) is 4.38. The van der Waals surface area contributed by atoms with Crippen molar-refractivity contribution in [1.82, 2.24) is 0 Å². The zero-order chi connectivity index (χ0) is 67.9. The predicted octanol–water partition coefficient (Wildman–Crippen LogP) is 13.4. The van der Waals surface area contributed by atoms with Gasteiger partial charge >= 0.3 is 5.97 Å². The first-order valence-electron chi connectivity index (χ1n) is 34.0. The number of hydrogen-bond acceptors (Lipinski definition) is 16. The van der Waals surface area contributed by atoms with E-state index in [9.17, 15) is 5.11 Å². The van der Waals surface area contributed by atoms with Gasteiger partial charge in [0.1, 0.15) is 61.0 Å². The standard InChI is InChI=1S/C83H88O16/c1-82(79(93-55-67-44-26-10-27-45-67)72(84)73(89-51-63-36-18-6-19-37-63)70(96-82)58-87-49-61-32-14-4-15-33-61)98-77-75(91-53-65-40-22-8-23-41-65)71(59-88-50-62-34-16-5-17-35-62)97-83(2,80(77)94-56-68-46-28-11-29-47-68)99-78-76(92-54-66-42-24-9-25-43-66)74(90-52-64-38-20-7-21-39-64)69(95-81(78)85)57-86-48-60-30-12-3-13-31-60/h3-47,69-80,84H,48-59H2,1-2H3/t69-,70-,71-,72+,73-,74?,75-,76-,77+,78+,79+,80+,82-,83-/m1/s1. The maximum atomic E-state index is 15.6. The van der Waals surface area contributed by atoms with Crippen LogP contribution in [-0.2, 0) is 131 Å². The molecule has 14 atom stereocenters. The molecule has 9 aromatic rings. The summed E-state index contributed by atoms with van der Waals surface area (Å²) in [7, 11) is 0. The lowest BCUT2D eigenvalue weighted by Crippen LogP contribution is -2.73. The van der Waals surface area contributed by atoms with Crippen LogP contribution in [0.15, 0.2) is 273 Å². The van der Waals surface area contributed by atoms with E-state index < -0.39 is 90.8 Å². The summed E-state index contributed by atoms with van der Waals surface area (Å²) in [5.74, 6) is -4.70. The third-order valence-electron chi connectivity index (χ3n) is 17.9. The molecule has 516 valence electrons. The number of ether oxygens (including phenoxy) is 14. The molecule has 1 N–H and O–H groups in total. The number of rotatable bonds is 34. The number of hydrogen-bond donors (Lipinski definition) is 1. The topological polar surface area (TPSA) is 167 Å². The summed E-state index contributed by atoms with van der Waals surface area (Å²) < 4.78 is 99.1. The van der Waals surface area contributed by atoms with Gasteiger partial charge in [0.05, 0.1) is 79.3 Å². The number of aliphatic hydroxyl groups excluding tert-OH is 1. The molecule has 12 rings (SSSR count). The molecule has 99 heavy (non-hydrogen) atoms. The molecule has 9 aromatic carbocycles. The van der Waals surface area contributed by atoms with E-state index in [1.54, 1.807) is 13.8 Å². The molecule has 3 aliphatic rings. The van der Waals surface area contributed by atoms with E-state index in [1.165, 1.54) is 0 Å². The molecule has 0 spiro atoms. The minimum absolute atomic E-state index is 0.0135. The minimum atomic E-state index is -2.02. The van der Waals surface area contributed by atoms with Crippen LogP contribution in [0.5, 0.6) is 0 Å². The molecule has 0 aliphatic carbocycles. The van der Waals surface area contributed by atoms with Gasteiger partial charge in [-0.25, -0.2) is 4.79 Å². The fourth-order valence-electron chi connectivity index (χ4n) is 12.9. The molecule has 3 aliphatic heterocycles. The Morgan fingerprint density at radius 3 is 0.919 bits per heavy atom. The number of carbonyl (C=O) groups excluding carboxylic acids is 1. The smallest absolute Gasteiger partial charge is 0.338 e. The zero-order valence-corrected chi connectivity index (χ0v) is 56.0. The van der Waals surface area contributed by atoms with E-state index in [4.69, 9.17) is 66.3 Å². The van der Waals surface area contributed by atoms with Crippen LogP contribution in [0.4, 0.5) is 0 Å². The zero-order valence-electron chi connectivity index (χ0n) is 56.0. The first-order valence-corrected chi connectivity index (χ1v) is 34.0. The normalized spacial score (nSPS) is 26.2. The van der Waals surface area contributed by atoms with E-state index >= 15 is 4.79 Å². The summed E-state index contributed by atoms with van der Waals surface area (Å²) in [6, 6.07) is 87.8. The number of esters is 1. The van der Waals surface area contributed by atoms with Crippen molar-refractivity contribution in [1.29, 1.82) is 0 Å². The van der Waals surface area contributed by atoms with E-state index in [1.807, 2.05) is 273 Å². The Hall–Kier alpha value is -8.11. The monoisotopic (exact) mass is 1340 g/mol. The van der Waals surface area contributed by atoms with Crippen molar-refractivity contribution < 1.29 is 76.2 Å². The van der Waals surface area contributed by atoms with Crippen LogP contribution in [-0.4, -0.2) is 116 Å². The first kappa shape index (κ1) is 70.7. The van der Waals surface area contributed by atoms with E-state index in [0.29, 0.717) is 0 Å². The number of carbonyl (C=O) groups is 1. The summed E-state index contributed by atoms with van der Waals surface area (Å²) in [5, 5.41) is 13.4. The minimum Gasteiger partial charge on any atom is -0.455 e. The largest absolute Gasteiger partial charge is 0.455 e. The van der Waals surface area contributed by atoms with Crippen molar-refractivity contribution >= 4 is 5.97 Å². The average Bonchev–Trinajstić information content (AvgIpc) is 0.738. The van der Waals surface area contributed by atoms with E-state index in [2.05, 4.69) is 0 Å². The second-order valence-electron chi connectivity index (χ2n) is 25.4. The predicted molar refractivity (Wildman–Crippen MR) is 371 cm³/mol. The molecule has 0 amide bonds. The first-order chi connectivity index (χ1) is 48.6. The maximum Gasteiger partial charge on any atom is 0.338 e. The van der Waals surface area contributed by atoms with Gasteiger partial charge in [0.15, 0.2) is 23.8 Å². The summed E-state index contributed by atoms with van der Waals surface area (Å²) in [6.07, 6.45) is -14.2. The Morgan fingerprint density at radius 2 is 0.566 bits per heavy atom. The van der Waals surface area contributed by atoms with Crippen molar-refractivity contribution in [3.05, 3.63) is 323 Å². The molecule has 0 bridgehead atoms. The van der Waals surface area contributed by atoms with E-state index in [0.717, 1.165) is 50.1 Å². The summed E-state index contributed by atoms with van der Waals surface area (Å²) >= 11 is 0. The summed E-state index contributed by atoms with van der Waals surface area (Å²) in [5.41, 5.74) is 7.88. The van der Waals surface area contributed by atoms with Crippen LogP contribution in [0, 0.1) is 0 Å². The lowest BCUT2D eigenvalue weighted by molar-refractivity contribution is -0.433. The van der Waals surface area contributed by atoms with E-state index in [-0.39, 0.29) is 79.3 Å². The van der Waals surface area contributed by atoms with Crippen molar-refractivity contribution in [2.45, 2.75) is 158 Å². The maximum absolute atomic E-state index is 15.6. The van der Waals surface area contributed by atoms with Crippen molar-refractivity contribution in [2.24, 2.45) is 0 Å². The molecule has 3 fully saturated rings. The highest BCUT2D eigenvalue weighted by Gasteiger charge is 2.63. The van der Waals surface area contributed by atoms with Gasteiger partial charge in [-0.3, -0.25) is 0 Å². The average molecular weight is 1340 g/mol. The Balaban J connectivity index is 0.977. The van der Waals surface area contributed by atoms with Gasteiger partial charge in [-0.1, -0.05) is 273 Å². The third-order valence-corrected chi connectivity index (χ3v) is 17.9. The van der Waals surface area contributed by atoms with Gasteiger partial charge in [0, 0.05) is 0 Å². The molecule has 0 radical (unpaired) electrons. The van der Waals surface area contributed by atoms with Crippen molar-refractivity contribution in [3.63, 3.8) is 0 Å². The number of cyclic esters (lactones) is 1. The Bertz CT molecular complexity index is 3760. The fourth-order valence-corrected chi connectivity index (χ4v) is 12.9. The van der Waals surface area contributed by atoms with Crippen LogP contribution >= 0.6 is 0 Å². The van der Waals surface area contributed by atoms with Gasteiger partial charge < -0.3 is 71.4 Å². The molecule has 0 saturated carbocycles. The van der Waals surface area contributed by atoms with Crippen LogP contribution in [0.25, 0.3) is 0 Å². The van der Waals surface area contributed by atoms with Crippen LogP contribution < -0.4 is 0 Å². The number of benzene rings is 9. The van der Waals surface area contributed by atoms with Gasteiger partial charge in [-0.15, -0.1) is 0 Å². The van der Waals surface area contributed by atoms with Crippen molar-refractivity contribution in [2.75, 3.05) is 19.8 Å². The van der Waals surface area contributed by atoms with Crippen molar-refractivity contribution in [3.8, 4) is 0 Å². The molecule has 3 saturated heterocycles. The molecule has 3 heterocycles. The second-order valence-corrected chi connectivity index (χ2v) is 25.4. The quantitative estimate of drug-likeness (QED) is 0.0378. The van der Waals surface area contributed by atoms with Gasteiger partial charge in [0.25, 0.3) is 0 Å². The van der Waals surface area contributed by atoms with Gasteiger partial charge in [-0.05, 0) is 63.9 Å². The Morgan fingerprint density at radius 1 is 0.303 bits per heavy atom. The molecule has 16 nitrogen and oxygen atoms in total. The third kappa shape index (κ3) is 19.7.